The van der Waals surface area contributed by atoms with E-state index in [4.69, 9.17) is 10.5 Å². The monoisotopic (exact) mass is 278 g/mol. The van der Waals surface area contributed by atoms with Crippen molar-refractivity contribution in [2.24, 2.45) is 5.73 Å². The van der Waals surface area contributed by atoms with Gasteiger partial charge in [-0.3, -0.25) is 4.90 Å². The molecule has 1 aliphatic heterocycles. The smallest absolute Gasteiger partial charge is 0.329 e. The number of benzene rings is 1. The molecule has 1 saturated heterocycles. The Hall–Kier alpha value is -1.43. The first-order chi connectivity index (χ1) is 9.43. The van der Waals surface area contributed by atoms with Crippen molar-refractivity contribution in [2.45, 2.75) is 31.5 Å². The molecule has 1 fully saturated rings. The van der Waals surface area contributed by atoms with Crippen molar-refractivity contribution in [3.05, 3.63) is 35.9 Å². The molecule has 5 nitrogen and oxygen atoms in total. The van der Waals surface area contributed by atoms with Crippen LogP contribution in [0, 0.1) is 0 Å². The number of rotatable bonds is 4. The molecule has 0 spiro atoms. The van der Waals surface area contributed by atoms with E-state index in [-0.39, 0.29) is 18.7 Å². The van der Waals surface area contributed by atoms with Crippen LogP contribution in [0.3, 0.4) is 0 Å². The third-order valence-corrected chi connectivity index (χ3v) is 3.86. The van der Waals surface area contributed by atoms with Gasteiger partial charge in [-0.05, 0) is 19.4 Å². The van der Waals surface area contributed by atoms with Gasteiger partial charge in [-0.1, -0.05) is 30.3 Å². The maximum absolute atomic E-state index is 11.7. The Balaban J connectivity index is 2.23. The highest BCUT2D eigenvalue weighted by Gasteiger charge is 2.40. The fourth-order valence-electron chi connectivity index (χ4n) is 2.53. The van der Waals surface area contributed by atoms with Crippen LogP contribution in [0.5, 0.6) is 0 Å². The maximum atomic E-state index is 11.7. The van der Waals surface area contributed by atoms with Gasteiger partial charge in [0.2, 0.25) is 0 Å². The van der Waals surface area contributed by atoms with Crippen molar-refractivity contribution in [3.8, 4) is 0 Å². The zero-order valence-electron chi connectivity index (χ0n) is 12.0. The number of morpholine rings is 1. The lowest BCUT2D eigenvalue weighted by atomic mass is 9.89. The normalized spacial score (nSPS) is 26.9. The van der Waals surface area contributed by atoms with Gasteiger partial charge in [0.25, 0.3) is 0 Å². The van der Waals surface area contributed by atoms with Crippen molar-refractivity contribution in [1.29, 1.82) is 0 Å². The first-order valence-electron chi connectivity index (χ1n) is 6.87. The molecular weight excluding hydrogens is 256 g/mol. The van der Waals surface area contributed by atoms with E-state index < -0.39 is 11.5 Å². The van der Waals surface area contributed by atoms with E-state index in [0.717, 1.165) is 0 Å². The first-order valence-corrected chi connectivity index (χ1v) is 6.87. The molecule has 3 N–H and O–H groups in total. The summed E-state index contributed by atoms with van der Waals surface area (Å²) in [5.74, 6) is -1.00. The molecule has 3 unspecified atom stereocenters. The number of aliphatic carboxylic acids is 1. The third kappa shape index (κ3) is 3.00. The number of carbonyl (C=O) groups is 1. The number of hydrogen-bond acceptors (Lipinski definition) is 4. The largest absolute Gasteiger partial charge is 0.480 e. The summed E-state index contributed by atoms with van der Waals surface area (Å²) in [6.07, 6.45) is 0.0972. The van der Waals surface area contributed by atoms with Crippen molar-refractivity contribution < 1.29 is 14.6 Å². The van der Waals surface area contributed by atoms with Crippen molar-refractivity contribution >= 4 is 5.97 Å². The quantitative estimate of drug-likeness (QED) is 0.860. The zero-order chi connectivity index (χ0) is 14.8. The minimum absolute atomic E-state index is 0.0972. The Morgan fingerprint density at radius 2 is 2.10 bits per heavy atom. The van der Waals surface area contributed by atoms with E-state index in [1.807, 2.05) is 32.0 Å². The second-order valence-electron chi connectivity index (χ2n) is 5.56. The fraction of sp³-hybridized carbons (Fsp3) is 0.533. The molecular formula is C15H22N2O3. The molecule has 1 aromatic rings. The number of carboxylic acid groups (broad SMARTS) is 1. The Bertz CT molecular complexity index is 465. The molecule has 1 aromatic carbocycles. The molecule has 0 saturated carbocycles. The number of hydrogen-bond donors (Lipinski definition) is 2. The topological polar surface area (TPSA) is 75.8 Å². The summed E-state index contributed by atoms with van der Waals surface area (Å²) in [5.41, 5.74) is 5.45. The van der Waals surface area contributed by atoms with Crippen LogP contribution in [-0.4, -0.2) is 47.8 Å². The van der Waals surface area contributed by atoms with Crippen LogP contribution < -0.4 is 5.73 Å². The van der Waals surface area contributed by atoms with Crippen molar-refractivity contribution in [1.82, 2.24) is 4.90 Å². The summed E-state index contributed by atoms with van der Waals surface area (Å²) < 4.78 is 5.57. The lowest BCUT2D eigenvalue weighted by molar-refractivity contribution is -0.146. The molecule has 2 rings (SSSR count). The molecule has 0 radical (unpaired) electrons. The van der Waals surface area contributed by atoms with E-state index in [1.54, 1.807) is 12.1 Å². The van der Waals surface area contributed by atoms with Crippen molar-refractivity contribution in [3.63, 3.8) is 0 Å². The summed E-state index contributed by atoms with van der Waals surface area (Å²) in [4.78, 5) is 13.8. The van der Waals surface area contributed by atoms with Gasteiger partial charge in [0, 0.05) is 19.1 Å². The minimum atomic E-state index is -1.40. The van der Waals surface area contributed by atoms with E-state index in [1.165, 1.54) is 0 Å². The highest BCUT2D eigenvalue weighted by Crippen LogP contribution is 2.23. The summed E-state index contributed by atoms with van der Waals surface area (Å²) in [7, 11) is 0. The van der Waals surface area contributed by atoms with E-state index >= 15 is 0 Å². The summed E-state index contributed by atoms with van der Waals surface area (Å²) in [6.45, 7) is 5.59. The molecule has 0 bridgehead atoms. The lowest BCUT2D eigenvalue weighted by Crippen LogP contribution is -2.58. The van der Waals surface area contributed by atoms with Gasteiger partial charge < -0.3 is 15.6 Å². The van der Waals surface area contributed by atoms with Gasteiger partial charge in [0.1, 0.15) is 0 Å². The Morgan fingerprint density at radius 3 is 2.70 bits per heavy atom. The minimum Gasteiger partial charge on any atom is -0.480 e. The summed E-state index contributed by atoms with van der Waals surface area (Å²) in [6, 6.07) is 9.17. The second kappa shape index (κ2) is 5.91. The highest BCUT2D eigenvalue weighted by atomic mass is 16.5. The number of nitrogens with zero attached hydrogens (tertiary/aromatic N) is 1. The highest BCUT2D eigenvalue weighted by molar-refractivity contribution is 5.80. The molecule has 110 valence electrons. The second-order valence-corrected chi connectivity index (χ2v) is 5.56. The van der Waals surface area contributed by atoms with Gasteiger partial charge in [-0.25, -0.2) is 4.79 Å². The van der Waals surface area contributed by atoms with Gasteiger partial charge in [0.05, 0.1) is 12.7 Å². The fourth-order valence-corrected chi connectivity index (χ4v) is 2.53. The Kier molecular flexibility index (Phi) is 4.42. The molecule has 1 heterocycles. The maximum Gasteiger partial charge on any atom is 0.329 e. The van der Waals surface area contributed by atoms with Gasteiger partial charge >= 0.3 is 5.97 Å². The number of ether oxygens (including phenoxy) is 1. The molecule has 20 heavy (non-hydrogen) atoms. The predicted octanol–water partition coefficient (Wildman–Crippen LogP) is 1.03. The standard InChI is InChI=1S/C15H22N2O3/c1-11-9-20-12(2)8-17(11)10-15(16,14(18)19)13-6-4-3-5-7-13/h3-7,11-12H,8-10,16H2,1-2H3,(H,18,19). The summed E-state index contributed by atoms with van der Waals surface area (Å²) >= 11 is 0. The average Bonchev–Trinajstić information content (AvgIpc) is 2.43. The number of nitrogens with two attached hydrogens (primary N) is 1. The average molecular weight is 278 g/mol. The van der Waals surface area contributed by atoms with Gasteiger partial charge in [0.15, 0.2) is 5.54 Å². The van der Waals surface area contributed by atoms with E-state index in [2.05, 4.69) is 4.90 Å². The van der Waals surface area contributed by atoms with Crippen LogP contribution in [0.2, 0.25) is 0 Å². The van der Waals surface area contributed by atoms with Crippen LogP contribution in [0.15, 0.2) is 30.3 Å². The SMILES string of the molecule is CC1CN(CC(N)(C(=O)O)c2ccccc2)C(C)CO1. The van der Waals surface area contributed by atoms with Crippen LogP contribution in [0.4, 0.5) is 0 Å². The molecule has 3 atom stereocenters. The summed E-state index contributed by atoms with van der Waals surface area (Å²) in [5, 5.41) is 9.59. The molecule has 5 heteroatoms. The van der Waals surface area contributed by atoms with Crippen LogP contribution in [-0.2, 0) is 15.1 Å². The van der Waals surface area contributed by atoms with E-state index in [9.17, 15) is 9.90 Å². The molecule has 1 aliphatic rings. The van der Waals surface area contributed by atoms with Crippen LogP contribution in [0.25, 0.3) is 0 Å². The van der Waals surface area contributed by atoms with Crippen LogP contribution in [0.1, 0.15) is 19.4 Å². The number of carboxylic acids is 1. The molecule has 0 aromatic heterocycles. The zero-order valence-corrected chi connectivity index (χ0v) is 12.0. The predicted molar refractivity (Wildman–Crippen MR) is 76.4 cm³/mol. The van der Waals surface area contributed by atoms with Gasteiger partial charge in [-0.15, -0.1) is 0 Å². The lowest BCUT2D eigenvalue weighted by Gasteiger charge is -2.40. The van der Waals surface area contributed by atoms with E-state index in [0.29, 0.717) is 18.7 Å². The van der Waals surface area contributed by atoms with Crippen molar-refractivity contribution in [2.75, 3.05) is 19.7 Å². The first kappa shape index (κ1) is 15.0. The Morgan fingerprint density at radius 1 is 1.45 bits per heavy atom. The van der Waals surface area contributed by atoms with Gasteiger partial charge in [-0.2, -0.15) is 0 Å². The van der Waals surface area contributed by atoms with Crippen LogP contribution >= 0.6 is 0 Å². The molecule has 0 aliphatic carbocycles. The molecule has 0 amide bonds. The third-order valence-electron chi connectivity index (χ3n) is 3.86. The Labute approximate surface area is 119 Å².